The zero-order chi connectivity index (χ0) is 28.4. The molecule has 0 unspecified atom stereocenters. The largest absolute Gasteiger partial charge is 0.495 e. The van der Waals surface area contributed by atoms with Gasteiger partial charge in [-0.1, -0.05) is 29.3 Å². The van der Waals surface area contributed by atoms with E-state index in [2.05, 4.69) is 5.32 Å². The Morgan fingerprint density at radius 2 is 1.59 bits per heavy atom. The Kier molecular flexibility index (Phi) is 8.55. The number of carbonyl (C=O) groups is 1. The number of rotatable bonds is 9. The average Bonchev–Trinajstić information content (AvgIpc) is 3.44. The molecule has 0 atom stereocenters. The van der Waals surface area contributed by atoms with Gasteiger partial charge in [0, 0.05) is 18.1 Å². The zero-order valence-electron chi connectivity index (χ0n) is 21.8. The van der Waals surface area contributed by atoms with Crippen molar-refractivity contribution in [1.82, 2.24) is 4.31 Å². The maximum atomic E-state index is 13.7. The fourth-order valence-corrected chi connectivity index (χ4v) is 7.63. The van der Waals surface area contributed by atoms with Gasteiger partial charge in [0.1, 0.15) is 12.3 Å². The quantitative estimate of drug-likeness (QED) is 0.390. The Morgan fingerprint density at radius 3 is 2.21 bits per heavy atom. The third-order valence-corrected chi connectivity index (χ3v) is 10.4. The summed E-state index contributed by atoms with van der Waals surface area (Å²) in [4.78, 5) is 13.4. The van der Waals surface area contributed by atoms with Gasteiger partial charge >= 0.3 is 0 Å². The molecule has 208 valence electrons. The number of sulfonamides is 2. The molecule has 9 nitrogen and oxygen atoms in total. The lowest BCUT2D eigenvalue weighted by atomic mass is 10.2. The lowest BCUT2D eigenvalue weighted by Gasteiger charge is -2.26. The van der Waals surface area contributed by atoms with Gasteiger partial charge in [-0.15, -0.1) is 0 Å². The van der Waals surface area contributed by atoms with Crippen LogP contribution in [-0.4, -0.2) is 53.8 Å². The van der Waals surface area contributed by atoms with Gasteiger partial charge < -0.3 is 10.1 Å². The van der Waals surface area contributed by atoms with Gasteiger partial charge in [-0.25, -0.2) is 16.8 Å². The fraction of sp³-hybridized carbons (Fsp3) is 0.296. The van der Waals surface area contributed by atoms with E-state index in [4.69, 9.17) is 16.3 Å². The Morgan fingerprint density at radius 1 is 0.949 bits per heavy atom. The van der Waals surface area contributed by atoms with E-state index in [0.29, 0.717) is 23.7 Å². The Labute approximate surface area is 234 Å². The minimum absolute atomic E-state index is 0.0122. The first-order chi connectivity index (χ1) is 18.4. The molecule has 1 aliphatic rings. The van der Waals surface area contributed by atoms with Crippen LogP contribution >= 0.6 is 11.6 Å². The van der Waals surface area contributed by atoms with E-state index < -0.39 is 32.5 Å². The standard InChI is InChI=1S/C27H30ClN3O6S2/c1-19-6-9-22(10-7-19)39(35,36)31(25-12-8-21(28)16-20(25)2)18-27(32)29-24-17-23(11-13-26(24)37-3)38(33,34)30-14-4-5-15-30/h6-13,16-17H,4-5,14-15,18H2,1-3H3,(H,29,32). The van der Waals surface area contributed by atoms with Crippen LogP contribution in [0.1, 0.15) is 24.0 Å². The molecule has 1 saturated heterocycles. The predicted octanol–water partition coefficient (Wildman–Crippen LogP) is 4.58. The van der Waals surface area contributed by atoms with Crippen molar-refractivity contribution in [2.24, 2.45) is 0 Å². The minimum atomic E-state index is -4.16. The molecule has 0 aromatic heterocycles. The first-order valence-electron chi connectivity index (χ1n) is 12.3. The maximum Gasteiger partial charge on any atom is 0.264 e. The van der Waals surface area contributed by atoms with E-state index in [0.717, 1.165) is 22.7 Å². The van der Waals surface area contributed by atoms with Crippen molar-refractivity contribution < 1.29 is 26.4 Å². The van der Waals surface area contributed by atoms with E-state index in [1.165, 1.54) is 41.7 Å². The van der Waals surface area contributed by atoms with Gasteiger partial charge in [0.05, 0.1) is 28.3 Å². The van der Waals surface area contributed by atoms with E-state index >= 15 is 0 Å². The molecule has 4 rings (SSSR count). The van der Waals surface area contributed by atoms with E-state index in [9.17, 15) is 21.6 Å². The summed E-state index contributed by atoms with van der Waals surface area (Å²) in [5, 5.41) is 3.07. The monoisotopic (exact) mass is 591 g/mol. The van der Waals surface area contributed by atoms with E-state index in [1.807, 2.05) is 6.92 Å². The molecule has 0 radical (unpaired) electrons. The normalized spacial score (nSPS) is 14.3. The molecule has 0 saturated carbocycles. The van der Waals surface area contributed by atoms with Crippen LogP contribution < -0.4 is 14.4 Å². The third kappa shape index (κ3) is 6.22. The van der Waals surface area contributed by atoms with Gasteiger partial charge in [-0.05, 0) is 80.8 Å². The first-order valence-corrected chi connectivity index (χ1v) is 15.5. The number of benzene rings is 3. The van der Waals surface area contributed by atoms with Gasteiger partial charge in [-0.2, -0.15) is 4.31 Å². The van der Waals surface area contributed by atoms with Crippen molar-refractivity contribution in [2.75, 3.05) is 36.4 Å². The SMILES string of the molecule is COc1ccc(S(=O)(=O)N2CCCC2)cc1NC(=O)CN(c1ccc(Cl)cc1C)S(=O)(=O)c1ccc(C)cc1. The number of amides is 1. The summed E-state index contributed by atoms with van der Waals surface area (Å²) in [6, 6.07) is 15.2. The van der Waals surface area contributed by atoms with Crippen molar-refractivity contribution in [3.05, 3.63) is 76.8 Å². The summed E-state index contributed by atoms with van der Waals surface area (Å²) in [6.45, 7) is 3.83. The first kappa shape index (κ1) is 28.9. The number of anilines is 2. The third-order valence-electron chi connectivity index (χ3n) is 6.47. The highest BCUT2D eigenvalue weighted by atomic mass is 35.5. The molecule has 0 spiro atoms. The number of carbonyl (C=O) groups excluding carboxylic acids is 1. The lowest BCUT2D eigenvalue weighted by Crippen LogP contribution is -2.38. The van der Waals surface area contributed by atoms with Gasteiger partial charge in [0.2, 0.25) is 15.9 Å². The van der Waals surface area contributed by atoms with Crippen LogP contribution in [0.15, 0.2) is 70.5 Å². The summed E-state index contributed by atoms with van der Waals surface area (Å²) in [6.07, 6.45) is 1.57. The van der Waals surface area contributed by atoms with Crippen molar-refractivity contribution in [3.8, 4) is 5.75 Å². The van der Waals surface area contributed by atoms with Crippen LogP contribution in [0.2, 0.25) is 5.02 Å². The van der Waals surface area contributed by atoms with E-state index in [-0.39, 0.29) is 26.9 Å². The van der Waals surface area contributed by atoms with Crippen LogP contribution in [-0.2, 0) is 24.8 Å². The molecule has 0 aliphatic carbocycles. The van der Waals surface area contributed by atoms with E-state index in [1.54, 1.807) is 37.3 Å². The summed E-state index contributed by atoms with van der Waals surface area (Å²) >= 11 is 6.10. The smallest absolute Gasteiger partial charge is 0.264 e. The predicted molar refractivity (Wildman–Crippen MR) is 152 cm³/mol. The molecule has 39 heavy (non-hydrogen) atoms. The lowest BCUT2D eigenvalue weighted by molar-refractivity contribution is -0.114. The number of hydrogen-bond donors (Lipinski definition) is 1. The molecule has 1 aliphatic heterocycles. The molecule has 1 N–H and O–H groups in total. The van der Waals surface area contributed by atoms with Crippen LogP contribution in [0, 0.1) is 13.8 Å². The minimum Gasteiger partial charge on any atom is -0.495 e. The number of nitrogens with zero attached hydrogens (tertiary/aromatic N) is 2. The zero-order valence-corrected chi connectivity index (χ0v) is 24.2. The van der Waals surface area contributed by atoms with Crippen LogP contribution in [0.3, 0.4) is 0 Å². The second-order valence-electron chi connectivity index (χ2n) is 9.28. The van der Waals surface area contributed by atoms with Crippen LogP contribution in [0.25, 0.3) is 0 Å². The molecule has 1 fully saturated rings. The molecule has 3 aromatic rings. The summed E-state index contributed by atoms with van der Waals surface area (Å²) in [5.41, 5.74) is 1.84. The average molecular weight is 592 g/mol. The highest BCUT2D eigenvalue weighted by Gasteiger charge is 2.30. The molecule has 1 heterocycles. The van der Waals surface area contributed by atoms with Crippen molar-refractivity contribution in [3.63, 3.8) is 0 Å². The second-order valence-corrected chi connectivity index (χ2v) is 13.5. The number of nitrogens with one attached hydrogen (secondary N) is 1. The second kappa shape index (κ2) is 11.5. The van der Waals surface area contributed by atoms with Crippen molar-refractivity contribution in [2.45, 2.75) is 36.5 Å². The molecular weight excluding hydrogens is 562 g/mol. The van der Waals surface area contributed by atoms with Crippen LogP contribution in [0.5, 0.6) is 5.75 Å². The van der Waals surface area contributed by atoms with Crippen molar-refractivity contribution >= 4 is 48.9 Å². The molecule has 3 aromatic carbocycles. The highest BCUT2D eigenvalue weighted by molar-refractivity contribution is 7.92. The number of aryl methyl sites for hydroxylation is 2. The molecule has 12 heteroatoms. The fourth-order valence-electron chi connectivity index (χ4n) is 4.38. The summed E-state index contributed by atoms with van der Waals surface area (Å²) in [5.74, 6) is -0.451. The Hall–Kier alpha value is -3.12. The number of methoxy groups -OCH3 is 1. The maximum absolute atomic E-state index is 13.7. The molecular formula is C27H30ClN3O6S2. The summed E-state index contributed by atoms with van der Waals surface area (Å²) < 4.78 is 61.4. The Balaban J connectivity index is 1.68. The highest BCUT2D eigenvalue weighted by Crippen LogP contribution is 2.32. The number of halogens is 1. The number of ether oxygens (including phenoxy) is 1. The molecule has 1 amide bonds. The van der Waals surface area contributed by atoms with Gasteiger partial charge in [-0.3, -0.25) is 9.10 Å². The molecule has 0 bridgehead atoms. The van der Waals surface area contributed by atoms with Crippen LogP contribution in [0.4, 0.5) is 11.4 Å². The Bertz CT molecular complexity index is 1590. The van der Waals surface area contributed by atoms with Gasteiger partial charge in [0.15, 0.2) is 0 Å². The topological polar surface area (TPSA) is 113 Å². The van der Waals surface area contributed by atoms with Crippen molar-refractivity contribution in [1.29, 1.82) is 0 Å². The number of hydrogen-bond acceptors (Lipinski definition) is 6. The summed E-state index contributed by atoms with van der Waals surface area (Å²) in [7, 11) is -6.52. The van der Waals surface area contributed by atoms with Gasteiger partial charge in [0.25, 0.3) is 10.0 Å².